The van der Waals surface area contributed by atoms with Gasteiger partial charge in [-0.2, -0.15) is 0 Å². The van der Waals surface area contributed by atoms with E-state index >= 15 is 0 Å². The van der Waals surface area contributed by atoms with E-state index in [0.717, 1.165) is 5.56 Å². The molecule has 3 nitrogen and oxygen atoms in total. The van der Waals surface area contributed by atoms with E-state index < -0.39 is 0 Å². The first-order valence-electron chi connectivity index (χ1n) is 4.06. The van der Waals surface area contributed by atoms with E-state index in [4.69, 9.17) is 11.6 Å². The maximum Gasteiger partial charge on any atom is 0.190 e. The maximum atomic E-state index is 11.5. The van der Waals surface area contributed by atoms with Crippen molar-refractivity contribution in [3.8, 4) is 11.1 Å². The van der Waals surface area contributed by atoms with Crippen molar-refractivity contribution in [1.29, 1.82) is 0 Å². The van der Waals surface area contributed by atoms with Crippen molar-refractivity contribution < 1.29 is 0 Å². The normalized spacial score (nSPS) is 10.1. The number of pyridine rings is 2. The minimum absolute atomic E-state index is 0.0973. The number of halogens is 1. The minimum Gasteiger partial charge on any atom is -0.352 e. The van der Waals surface area contributed by atoms with E-state index in [9.17, 15) is 4.79 Å². The van der Waals surface area contributed by atoms with Crippen LogP contribution in [0.5, 0.6) is 0 Å². The highest BCUT2D eigenvalue weighted by Gasteiger charge is 2.02. The fourth-order valence-electron chi connectivity index (χ4n) is 1.20. The monoisotopic (exact) mass is 206 g/mol. The number of H-pyrrole nitrogens is 1. The third-order valence-corrected chi connectivity index (χ3v) is 2.09. The van der Waals surface area contributed by atoms with Crippen LogP contribution in [-0.2, 0) is 0 Å². The second-order valence-corrected chi connectivity index (χ2v) is 3.20. The minimum atomic E-state index is -0.0973. The molecule has 0 aliphatic carbocycles. The summed E-state index contributed by atoms with van der Waals surface area (Å²) < 4.78 is 0. The standard InChI is InChI=1S/C10H7ClN2O/c11-10-5-9(14)8(6-13-10)7-1-3-12-4-2-7/h1-6H,(H,13,14). The molecule has 0 amide bonds. The van der Waals surface area contributed by atoms with Crippen LogP contribution in [0.1, 0.15) is 0 Å². The van der Waals surface area contributed by atoms with Gasteiger partial charge in [-0.25, -0.2) is 0 Å². The average molecular weight is 207 g/mol. The molecule has 2 aromatic rings. The van der Waals surface area contributed by atoms with E-state index in [2.05, 4.69) is 9.97 Å². The highest BCUT2D eigenvalue weighted by atomic mass is 35.5. The summed E-state index contributed by atoms with van der Waals surface area (Å²) in [6.07, 6.45) is 4.88. The molecule has 70 valence electrons. The van der Waals surface area contributed by atoms with Gasteiger partial charge in [0.1, 0.15) is 5.15 Å². The quantitative estimate of drug-likeness (QED) is 0.727. The summed E-state index contributed by atoms with van der Waals surface area (Å²) in [5.41, 5.74) is 1.33. The van der Waals surface area contributed by atoms with Crippen LogP contribution in [0.15, 0.2) is 41.6 Å². The molecule has 0 atom stereocenters. The molecule has 0 radical (unpaired) electrons. The zero-order valence-electron chi connectivity index (χ0n) is 7.20. The Bertz CT molecular complexity index is 493. The molecular weight excluding hydrogens is 200 g/mol. The van der Waals surface area contributed by atoms with E-state index in [1.165, 1.54) is 6.07 Å². The number of nitrogens with one attached hydrogen (secondary N) is 1. The number of hydrogen-bond donors (Lipinski definition) is 1. The SMILES string of the molecule is O=c1cc(Cl)[nH]cc1-c1ccncc1. The molecule has 2 aromatic heterocycles. The highest BCUT2D eigenvalue weighted by molar-refractivity contribution is 6.29. The summed E-state index contributed by atoms with van der Waals surface area (Å²) >= 11 is 5.64. The predicted octanol–water partition coefficient (Wildman–Crippen LogP) is 2.09. The fourth-order valence-corrected chi connectivity index (χ4v) is 1.36. The van der Waals surface area contributed by atoms with E-state index in [1.807, 2.05) is 0 Å². The Balaban J connectivity index is 2.59. The first-order chi connectivity index (χ1) is 6.77. The zero-order valence-corrected chi connectivity index (χ0v) is 7.95. The van der Waals surface area contributed by atoms with Gasteiger partial charge in [-0.1, -0.05) is 11.6 Å². The molecule has 0 saturated carbocycles. The van der Waals surface area contributed by atoms with E-state index in [1.54, 1.807) is 30.7 Å². The van der Waals surface area contributed by atoms with Crippen molar-refractivity contribution in [1.82, 2.24) is 9.97 Å². The third kappa shape index (κ3) is 1.67. The van der Waals surface area contributed by atoms with Gasteiger partial charge in [-0.3, -0.25) is 9.78 Å². The Labute approximate surface area is 85.4 Å². The van der Waals surface area contributed by atoms with Crippen LogP contribution in [-0.4, -0.2) is 9.97 Å². The molecule has 14 heavy (non-hydrogen) atoms. The Morgan fingerprint density at radius 2 is 2.00 bits per heavy atom. The van der Waals surface area contributed by atoms with Gasteiger partial charge in [0, 0.05) is 30.2 Å². The molecule has 1 N–H and O–H groups in total. The second-order valence-electron chi connectivity index (χ2n) is 2.79. The summed E-state index contributed by atoms with van der Waals surface area (Å²) in [7, 11) is 0. The average Bonchev–Trinajstić information content (AvgIpc) is 2.19. The van der Waals surface area contributed by atoms with Gasteiger partial charge >= 0.3 is 0 Å². The highest BCUT2D eigenvalue weighted by Crippen LogP contribution is 2.13. The van der Waals surface area contributed by atoms with Crippen LogP contribution >= 0.6 is 11.6 Å². The van der Waals surface area contributed by atoms with Gasteiger partial charge < -0.3 is 4.98 Å². The molecule has 4 heteroatoms. The topological polar surface area (TPSA) is 45.8 Å². The van der Waals surface area contributed by atoms with Gasteiger partial charge in [0.05, 0.1) is 0 Å². The van der Waals surface area contributed by atoms with Crippen molar-refractivity contribution in [3.05, 3.63) is 52.2 Å². The van der Waals surface area contributed by atoms with Crippen LogP contribution in [0, 0.1) is 0 Å². The van der Waals surface area contributed by atoms with Gasteiger partial charge in [-0.05, 0) is 17.7 Å². The van der Waals surface area contributed by atoms with Gasteiger partial charge in [0.15, 0.2) is 5.43 Å². The Morgan fingerprint density at radius 3 is 2.64 bits per heavy atom. The molecule has 2 heterocycles. The van der Waals surface area contributed by atoms with Crippen LogP contribution in [0.3, 0.4) is 0 Å². The van der Waals surface area contributed by atoms with Crippen LogP contribution in [0.4, 0.5) is 0 Å². The maximum absolute atomic E-state index is 11.5. The number of aromatic amines is 1. The largest absolute Gasteiger partial charge is 0.352 e. The summed E-state index contributed by atoms with van der Waals surface area (Å²) in [6, 6.07) is 4.91. The molecule has 0 saturated heterocycles. The van der Waals surface area contributed by atoms with Crippen molar-refractivity contribution in [2.24, 2.45) is 0 Å². The molecule has 0 spiro atoms. The van der Waals surface area contributed by atoms with Gasteiger partial charge in [-0.15, -0.1) is 0 Å². The molecular formula is C10H7ClN2O. The van der Waals surface area contributed by atoms with E-state index in [-0.39, 0.29) is 5.43 Å². The molecule has 0 aliphatic heterocycles. The van der Waals surface area contributed by atoms with Gasteiger partial charge in [0.25, 0.3) is 0 Å². The van der Waals surface area contributed by atoms with E-state index in [0.29, 0.717) is 10.7 Å². The predicted molar refractivity (Wildman–Crippen MR) is 55.3 cm³/mol. The first-order valence-corrected chi connectivity index (χ1v) is 4.44. The lowest BCUT2D eigenvalue weighted by molar-refractivity contribution is 1.29. The summed E-state index contributed by atoms with van der Waals surface area (Å²) in [4.78, 5) is 18.2. The third-order valence-electron chi connectivity index (χ3n) is 1.87. The first kappa shape index (κ1) is 8.97. The fraction of sp³-hybridized carbons (Fsp3) is 0. The van der Waals surface area contributed by atoms with Crippen LogP contribution in [0.25, 0.3) is 11.1 Å². The van der Waals surface area contributed by atoms with Crippen molar-refractivity contribution in [2.45, 2.75) is 0 Å². The Morgan fingerprint density at radius 1 is 1.29 bits per heavy atom. The molecule has 0 aromatic carbocycles. The molecule has 0 aliphatic rings. The Hall–Kier alpha value is -1.61. The van der Waals surface area contributed by atoms with Crippen LogP contribution < -0.4 is 5.43 Å². The summed E-state index contributed by atoms with van der Waals surface area (Å²) in [6.45, 7) is 0. The number of rotatable bonds is 1. The second kappa shape index (κ2) is 3.64. The van der Waals surface area contributed by atoms with Gasteiger partial charge in [0.2, 0.25) is 0 Å². The van der Waals surface area contributed by atoms with Crippen molar-refractivity contribution in [2.75, 3.05) is 0 Å². The number of nitrogens with zero attached hydrogens (tertiary/aromatic N) is 1. The molecule has 0 bridgehead atoms. The zero-order chi connectivity index (χ0) is 9.97. The molecule has 0 unspecified atom stereocenters. The smallest absolute Gasteiger partial charge is 0.190 e. The lowest BCUT2D eigenvalue weighted by Gasteiger charge is -1.99. The van der Waals surface area contributed by atoms with Crippen molar-refractivity contribution in [3.63, 3.8) is 0 Å². The Kier molecular flexibility index (Phi) is 2.33. The lowest BCUT2D eigenvalue weighted by atomic mass is 10.1. The number of aromatic nitrogens is 2. The lowest BCUT2D eigenvalue weighted by Crippen LogP contribution is -2.03. The van der Waals surface area contributed by atoms with Crippen LogP contribution in [0.2, 0.25) is 5.15 Å². The number of hydrogen-bond acceptors (Lipinski definition) is 2. The molecule has 0 fully saturated rings. The summed E-state index contributed by atoms with van der Waals surface area (Å²) in [5, 5.41) is 0.341. The molecule has 2 rings (SSSR count). The van der Waals surface area contributed by atoms with Crippen molar-refractivity contribution >= 4 is 11.6 Å². The summed E-state index contributed by atoms with van der Waals surface area (Å²) in [5.74, 6) is 0.